The molecule has 9 heteroatoms. The van der Waals surface area contributed by atoms with E-state index in [1.165, 1.54) is 24.3 Å². The van der Waals surface area contributed by atoms with Crippen molar-refractivity contribution in [1.82, 2.24) is 4.57 Å². The minimum atomic E-state index is -3.38. The summed E-state index contributed by atoms with van der Waals surface area (Å²) < 4.78 is 44.2. The molecule has 0 aliphatic rings. The summed E-state index contributed by atoms with van der Waals surface area (Å²) in [6.07, 6.45) is 1.11. The van der Waals surface area contributed by atoms with Gasteiger partial charge in [0.1, 0.15) is 5.82 Å². The van der Waals surface area contributed by atoms with Crippen molar-refractivity contribution in [3.8, 4) is 16.9 Å². The Kier molecular flexibility index (Phi) is 6.26. The highest BCUT2D eigenvalue weighted by molar-refractivity contribution is 7.90. The Hall–Kier alpha value is -3.46. The first-order valence-electron chi connectivity index (χ1n) is 9.35. The highest BCUT2D eigenvalue weighted by Crippen LogP contribution is 2.31. The Balaban J connectivity index is 2.25. The summed E-state index contributed by atoms with van der Waals surface area (Å²) in [5.41, 5.74) is 2.16. The lowest BCUT2D eigenvalue weighted by Crippen LogP contribution is -2.19. The summed E-state index contributed by atoms with van der Waals surface area (Å²) in [6, 6.07) is 13.6. The number of carbonyl (C=O) groups is 1. The van der Waals surface area contributed by atoms with Crippen LogP contribution >= 0.6 is 0 Å². The molecule has 1 aromatic heterocycles. The van der Waals surface area contributed by atoms with E-state index < -0.39 is 21.6 Å². The largest absolute Gasteiger partial charge is 0.461 e. The number of esters is 1. The van der Waals surface area contributed by atoms with E-state index in [2.05, 4.69) is 5.16 Å². The summed E-state index contributed by atoms with van der Waals surface area (Å²) in [5.74, 6) is -1.25. The van der Waals surface area contributed by atoms with Crippen molar-refractivity contribution in [2.24, 2.45) is 5.16 Å². The zero-order valence-corrected chi connectivity index (χ0v) is 18.0. The number of hydrogen-bond donors (Lipinski definition) is 1. The zero-order chi connectivity index (χ0) is 22.8. The van der Waals surface area contributed by atoms with Gasteiger partial charge in [-0.05, 0) is 55.8 Å². The molecule has 31 heavy (non-hydrogen) atoms. The fraction of sp³-hybridized carbons (Fsp3) is 0.182. The molecule has 0 bridgehead atoms. The number of halogens is 1. The third kappa shape index (κ3) is 4.51. The molecule has 0 unspecified atom stereocenters. The Morgan fingerprint density at radius 2 is 1.84 bits per heavy atom. The molecule has 1 N–H and O–H groups in total. The lowest BCUT2D eigenvalue weighted by Gasteiger charge is -2.13. The van der Waals surface area contributed by atoms with Crippen LogP contribution < -0.4 is 0 Å². The number of sulfone groups is 1. The van der Waals surface area contributed by atoms with Crippen molar-refractivity contribution in [2.45, 2.75) is 18.7 Å². The predicted molar refractivity (Wildman–Crippen MR) is 114 cm³/mol. The van der Waals surface area contributed by atoms with Gasteiger partial charge in [-0.25, -0.2) is 17.6 Å². The number of benzene rings is 2. The average Bonchev–Trinajstić information content (AvgIpc) is 3.05. The minimum absolute atomic E-state index is 0.0985. The maximum absolute atomic E-state index is 13.9. The Labute approximate surface area is 179 Å². The van der Waals surface area contributed by atoms with Gasteiger partial charge >= 0.3 is 5.97 Å². The van der Waals surface area contributed by atoms with Crippen LogP contribution in [0.15, 0.2) is 64.6 Å². The summed E-state index contributed by atoms with van der Waals surface area (Å²) in [5, 5.41) is 12.6. The van der Waals surface area contributed by atoms with Crippen LogP contribution in [0.3, 0.4) is 0 Å². The van der Waals surface area contributed by atoms with E-state index in [4.69, 9.17) is 4.74 Å². The van der Waals surface area contributed by atoms with Crippen LogP contribution in [0.4, 0.5) is 4.39 Å². The average molecular weight is 444 g/mol. The molecular formula is C22H21FN2O5S. The molecule has 1 heterocycles. The van der Waals surface area contributed by atoms with Gasteiger partial charge < -0.3 is 14.5 Å². The molecule has 0 radical (unpaired) electrons. The van der Waals surface area contributed by atoms with Crippen LogP contribution in [0.1, 0.15) is 18.2 Å². The molecule has 0 saturated heterocycles. The predicted octanol–water partition coefficient (Wildman–Crippen LogP) is 3.74. The van der Waals surface area contributed by atoms with Crippen LogP contribution in [0.25, 0.3) is 16.9 Å². The van der Waals surface area contributed by atoms with Gasteiger partial charge in [-0.15, -0.1) is 0 Å². The molecule has 0 spiro atoms. The second-order valence-corrected chi connectivity index (χ2v) is 8.83. The molecule has 3 rings (SSSR count). The van der Waals surface area contributed by atoms with E-state index in [0.717, 1.165) is 6.26 Å². The third-order valence-corrected chi connectivity index (χ3v) is 5.84. The number of aromatic nitrogens is 1. The third-order valence-electron chi connectivity index (χ3n) is 4.72. The van der Waals surface area contributed by atoms with Crippen molar-refractivity contribution in [2.75, 3.05) is 12.9 Å². The number of oxime groups is 1. The fourth-order valence-corrected chi connectivity index (χ4v) is 3.91. The first kappa shape index (κ1) is 22.2. The maximum atomic E-state index is 13.9. The van der Waals surface area contributed by atoms with Gasteiger partial charge in [0.15, 0.2) is 15.5 Å². The smallest absolute Gasteiger partial charge is 0.361 e. The van der Waals surface area contributed by atoms with Crippen LogP contribution in [0.2, 0.25) is 0 Å². The molecule has 0 fully saturated rings. The van der Waals surface area contributed by atoms with Gasteiger partial charge in [0.05, 0.1) is 17.2 Å². The molecule has 0 aliphatic heterocycles. The van der Waals surface area contributed by atoms with Gasteiger partial charge in [-0.2, -0.15) is 0 Å². The quantitative estimate of drug-likeness (QED) is 0.270. The second kappa shape index (κ2) is 8.73. The number of rotatable bonds is 6. The van der Waals surface area contributed by atoms with Crippen LogP contribution in [0.5, 0.6) is 0 Å². The van der Waals surface area contributed by atoms with E-state index in [0.29, 0.717) is 28.2 Å². The van der Waals surface area contributed by atoms with Crippen molar-refractivity contribution in [3.05, 3.63) is 71.7 Å². The van der Waals surface area contributed by atoms with Crippen molar-refractivity contribution in [3.63, 3.8) is 0 Å². The molecular weight excluding hydrogens is 423 g/mol. The van der Waals surface area contributed by atoms with Gasteiger partial charge in [0.25, 0.3) is 0 Å². The molecule has 0 aliphatic carbocycles. The van der Waals surface area contributed by atoms with Crippen molar-refractivity contribution < 1.29 is 27.5 Å². The van der Waals surface area contributed by atoms with Crippen LogP contribution in [-0.4, -0.2) is 42.7 Å². The fourth-order valence-electron chi connectivity index (χ4n) is 3.28. The Morgan fingerprint density at radius 1 is 1.16 bits per heavy atom. The van der Waals surface area contributed by atoms with Crippen LogP contribution in [0, 0.1) is 12.7 Å². The van der Waals surface area contributed by atoms with E-state index in [9.17, 15) is 22.8 Å². The molecule has 7 nitrogen and oxygen atoms in total. The summed E-state index contributed by atoms with van der Waals surface area (Å²) in [4.78, 5) is 12.4. The van der Waals surface area contributed by atoms with E-state index in [1.807, 2.05) is 0 Å². The van der Waals surface area contributed by atoms with Gasteiger partial charge in [0.2, 0.25) is 0 Å². The molecule has 3 aromatic rings. The maximum Gasteiger partial charge on any atom is 0.361 e. The molecule has 0 atom stereocenters. The normalized spacial score (nSPS) is 12.1. The number of hydrogen-bond acceptors (Lipinski definition) is 6. The summed E-state index contributed by atoms with van der Waals surface area (Å²) in [6.45, 7) is 3.42. The number of carbonyl (C=O) groups excluding carboxylic acids is 1. The molecule has 162 valence electrons. The van der Waals surface area contributed by atoms with Gasteiger partial charge in [-0.3, -0.25) is 0 Å². The van der Waals surface area contributed by atoms with Gasteiger partial charge in [0, 0.05) is 23.2 Å². The first-order chi connectivity index (χ1) is 14.7. The van der Waals surface area contributed by atoms with E-state index in [-0.39, 0.29) is 17.2 Å². The standard InChI is InChI=1S/C22H21FN2O5S/c1-4-30-22(26)21(24-27)19-13-20(15-8-10-18(11-9-15)31(3,28)29)25(14(19)2)17-7-5-6-16(23)12-17/h5-13,27H,4H2,1-3H3/b24-21+. The number of nitrogens with zero attached hydrogens (tertiary/aromatic N) is 2. The Bertz CT molecular complexity index is 1260. The lowest BCUT2D eigenvalue weighted by atomic mass is 10.1. The topological polar surface area (TPSA) is 98.0 Å². The van der Waals surface area contributed by atoms with Crippen molar-refractivity contribution in [1.29, 1.82) is 0 Å². The Morgan fingerprint density at radius 3 is 2.39 bits per heavy atom. The van der Waals surface area contributed by atoms with E-state index in [1.54, 1.807) is 48.7 Å². The van der Waals surface area contributed by atoms with Gasteiger partial charge in [-0.1, -0.05) is 23.4 Å². The van der Waals surface area contributed by atoms with E-state index >= 15 is 0 Å². The zero-order valence-electron chi connectivity index (χ0n) is 17.2. The minimum Gasteiger partial charge on any atom is -0.461 e. The monoisotopic (exact) mass is 444 g/mol. The summed E-state index contributed by atoms with van der Waals surface area (Å²) >= 11 is 0. The second-order valence-electron chi connectivity index (χ2n) is 6.81. The first-order valence-corrected chi connectivity index (χ1v) is 11.2. The summed E-state index contributed by atoms with van der Waals surface area (Å²) in [7, 11) is -3.38. The van der Waals surface area contributed by atoms with Crippen LogP contribution in [-0.2, 0) is 19.4 Å². The number of ether oxygens (including phenoxy) is 1. The SMILES string of the molecule is CCOC(=O)/C(=N/O)c1cc(-c2ccc(S(C)(=O)=O)cc2)n(-c2cccc(F)c2)c1C. The molecule has 0 amide bonds. The van der Waals surface area contributed by atoms with Crippen molar-refractivity contribution >= 4 is 21.5 Å². The highest BCUT2D eigenvalue weighted by Gasteiger charge is 2.24. The lowest BCUT2D eigenvalue weighted by molar-refractivity contribution is -0.135. The molecule has 0 saturated carbocycles. The molecule has 2 aromatic carbocycles. The highest BCUT2D eigenvalue weighted by atomic mass is 32.2.